The molecular weight excluding hydrogens is 328 g/mol. The minimum Gasteiger partial charge on any atom is -1.00 e. The van der Waals surface area contributed by atoms with Crippen LogP contribution in [-0.4, -0.2) is 7.11 Å². The minimum atomic E-state index is 0. The molecule has 3 aromatic rings. The van der Waals surface area contributed by atoms with E-state index in [4.69, 9.17) is 10.00 Å². The number of halogens is 1. The average molecular weight is 341 g/mol. The fourth-order valence-electron chi connectivity index (χ4n) is 2.23. The van der Waals surface area contributed by atoms with Crippen molar-refractivity contribution in [2.24, 2.45) is 0 Å². The van der Waals surface area contributed by atoms with Crippen LogP contribution >= 0.6 is 0 Å². The first-order chi connectivity index (χ1) is 9.81. The van der Waals surface area contributed by atoms with Crippen molar-refractivity contribution in [3.8, 4) is 17.5 Å². The fraction of sp³-hybridized carbons (Fsp3) is 0.0588. The number of methoxy groups -OCH3 is 1. The summed E-state index contributed by atoms with van der Waals surface area (Å²) in [5, 5.41) is 11.0. The summed E-state index contributed by atoms with van der Waals surface area (Å²) in [5.74, 6) is 0.852. The standard InChI is InChI=1S/C17H13N2O.BrH/c1-20-17-4-2-3-14-9-10-19(12-16(14)17)15-7-5-13(11-18)6-8-15;/h2-10,12H,1H3;1H/q+1;/p-1. The summed E-state index contributed by atoms with van der Waals surface area (Å²) in [4.78, 5) is 0. The zero-order valence-corrected chi connectivity index (χ0v) is 13.0. The summed E-state index contributed by atoms with van der Waals surface area (Å²) < 4.78 is 7.42. The monoisotopic (exact) mass is 340 g/mol. The normalized spacial score (nSPS) is 9.71. The van der Waals surface area contributed by atoms with Gasteiger partial charge in [0.2, 0.25) is 5.69 Å². The van der Waals surface area contributed by atoms with E-state index in [2.05, 4.69) is 18.2 Å². The van der Waals surface area contributed by atoms with Gasteiger partial charge in [0.25, 0.3) is 0 Å². The van der Waals surface area contributed by atoms with E-state index >= 15 is 0 Å². The predicted molar refractivity (Wildman–Crippen MR) is 76.7 cm³/mol. The maximum Gasteiger partial charge on any atom is 0.210 e. The Kier molecular flexibility index (Phi) is 4.56. The molecule has 104 valence electrons. The van der Waals surface area contributed by atoms with Crippen molar-refractivity contribution >= 4 is 10.8 Å². The van der Waals surface area contributed by atoms with Crippen LogP contribution in [0.15, 0.2) is 60.9 Å². The second-order valence-corrected chi connectivity index (χ2v) is 4.47. The van der Waals surface area contributed by atoms with Gasteiger partial charge >= 0.3 is 0 Å². The lowest BCUT2D eigenvalue weighted by atomic mass is 10.1. The van der Waals surface area contributed by atoms with Crippen LogP contribution in [0.1, 0.15) is 5.56 Å². The van der Waals surface area contributed by atoms with Crippen molar-refractivity contribution in [1.82, 2.24) is 0 Å². The predicted octanol–water partition coefficient (Wildman–Crippen LogP) is 0.000780. The van der Waals surface area contributed by atoms with Crippen molar-refractivity contribution < 1.29 is 26.3 Å². The Balaban J connectivity index is 0.00000161. The molecule has 0 unspecified atom stereocenters. The van der Waals surface area contributed by atoms with Gasteiger partial charge in [0, 0.05) is 18.2 Å². The molecule has 0 amide bonds. The number of hydrogen-bond donors (Lipinski definition) is 0. The van der Waals surface area contributed by atoms with Crippen LogP contribution in [-0.2, 0) is 0 Å². The molecule has 0 atom stereocenters. The third-order valence-electron chi connectivity index (χ3n) is 3.30. The summed E-state index contributed by atoms with van der Waals surface area (Å²) in [5.41, 5.74) is 1.67. The average Bonchev–Trinajstić information content (AvgIpc) is 2.54. The van der Waals surface area contributed by atoms with Crippen molar-refractivity contribution in [3.63, 3.8) is 0 Å². The molecule has 0 N–H and O–H groups in total. The van der Waals surface area contributed by atoms with E-state index in [1.807, 2.05) is 53.4 Å². The van der Waals surface area contributed by atoms with Crippen LogP contribution in [0, 0.1) is 11.3 Å². The van der Waals surface area contributed by atoms with E-state index in [9.17, 15) is 0 Å². The molecule has 0 saturated carbocycles. The largest absolute Gasteiger partial charge is 1.00 e. The molecule has 0 radical (unpaired) electrons. The molecule has 3 rings (SSSR count). The van der Waals surface area contributed by atoms with Gasteiger partial charge in [0.1, 0.15) is 5.75 Å². The third kappa shape index (κ3) is 2.88. The van der Waals surface area contributed by atoms with Gasteiger partial charge in [-0.1, -0.05) is 12.1 Å². The summed E-state index contributed by atoms with van der Waals surface area (Å²) in [6, 6.07) is 17.7. The van der Waals surface area contributed by atoms with Gasteiger partial charge in [-0.05, 0) is 23.6 Å². The molecule has 0 aliphatic heterocycles. The van der Waals surface area contributed by atoms with E-state index in [0.717, 1.165) is 22.2 Å². The van der Waals surface area contributed by atoms with Crippen molar-refractivity contribution in [2.75, 3.05) is 7.11 Å². The lowest BCUT2D eigenvalue weighted by Crippen LogP contribution is -3.00. The molecule has 1 aromatic heterocycles. The first-order valence-corrected chi connectivity index (χ1v) is 6.30. The molecule has 0 saturated heterocycles. The van der Waals surface area contributed by atoms with E-state index in [0.29, 0.717) is 5.56 Å². The van der Waals surface area contributed by atoms with Crippen LogP contribution in [0.2, 0.25) is 0 Å². The molecular formula is C17H13BrN2O. The maximum absolute atomic E-state index is 8.84. The van der Waals surface area contributed by atoms with Crippen LogP contribution in [0.4, 0.5) is 0 Å². The summed E-state index contributed by atoms with van der Waals surface area (Å²) in [6.45, 7) is 0. The zero-order valence-electron chi connectivity index (χ0n) is 11.5. The number of nitriles is 1. The van der Waals surface area contributed by atoms with E-state index in [1.54, 1.807) is 7.11 Å². The van der Waals surface area contributed by atoms with E-state index in [1.165, 1.54) is 0 Å². The van der Waals surface area contributed by atoms with Gasteiger partial charge in [-0.15, -0.1) is 0 Å². The van der Waals surface area contributed by atoms with Gasteiger partial charge < -0.3 is 21.7 Å². The number of pyridine rings is 1. The van der Waals surface area contributed by atoms with Crippen molar-refractivity contribution in [1.29, 1.82) is 5.26 Å². The molecule has 4 heteroatoms. The molecule has 0 aliphatic carbocycles. The van der Waals surface area contributed by atoms with Crippen LogP contribution < -0.4 is 26.3 Å². The molecule has 21 heavy (non-hydrogen) atoms. The highest BCUT2D eigenvalue weighted by Gasteiger charge is 2.10. The molecule has 0 fully saturated rings. The Hall–Kier alpha value is -2.38. The van der Waals surface area contributed by atoms with Crippen LogP contribution in [0.5, 0.6) is 5.75 Å². The number of rotatable bonds is 2. The highest BCUT2D eigenvalue weighted by atomic mass is 79.9. The lowest BCUT2D eigenvalue weighted by molar-refractivity contribution is -0.594. The lowest BCUT2D eigenvalue weighted by Gasteiger charge is -2.04. The summed E-state index contributed by atoms with van der Waals surface area (Å²) in [7, 11) is 1.67. The van der Waals surface area contributed by atoms with Gasteiger partial charge in [0.05, 0.1) is 24.1 Å². The van der Waals surface area contributed by atoms with Gasteiger partial charge in [-0.3, -0.25) is 0 Å². The first-order valence-electron chi connectivity index (χ1n) is 6.30. The molecule has 1 heterocycles. The summed E-state index contributed by atoms with van der Waals surface area (Å²) >= 11 is 0. The minimum absolute atomic E-state index is 0. The maximum atomic E-state index is 8.84. The van der Waals surface area contributed by atoms with Gasteiger partial charge in [-0.2, -0.15) is 9.83 Å². The van der Waals surface area contributed by atoms with Gasteiger partial charge in [0.15, 0.2) is 12.4 Å². The van der Waals surface area contributed by atoms with Crippen LogP contribution in [0.25, 0.3) is 16.5 Å². The van der Waals surface area contributed by atoms with Crippen LogP contribution in [0.3, 0.4) is 0 Å². The Labute approximate surface area is 133 Å². The molecule has 3 nitrogen and oxygen atoms in total. The molecule has 2 aromatic carbocycles. The third-order valence-corrected chi connectivity index (χ3v) is 3.30. The molecule has 0 bridgehead atoms. The van der Waals surface area contributed by atoms with Gasteiger partial charge in [-0.25, -0.2) is 0 Å². The fourth-order valence-corrected chi connectivity index (χ4v) is 2.23. The number of fused-ring (bicyclic) bond motifs is 1. The highest BCUT2D eigenvalue weighted by Crippen LogP contribution is 2.23. The second kappa shape index (κ2) is 6.38. The number of benzene rings is 2. The number of nitrogens with zero attached hydrogens (tertiary/aromatic N) is 2. The summed E-state index contributed by atoms with van der Waals surface area (Å²) in [6.07, 6.45) is 4.04. The Morgan fingerprint density at radius 3 is 2.48 bits per heavy atom. The smallest absolute Gasteiger partial charge is 0.210 e. The number of ether oxygens (including phenoxy) is 1. The van der Waals surface area contributed by atoms with Crippen molar-refractivity contribution in [2.45, 2.75) is 0 Å². The van der Waals surface area contributed by atoms with E-state index < -0.39 is 0 Å². The quantitative estimate of drug-likeness (QED) is 0.616. The zero-order chi connectivity index (χ0) is 13.9. The Morgan fingerprint density at radius 1 is 1.05 bits per heavy atom. The van der Waals surface area contributed by atoms with Crippen molar-refractivity contribution in [3.05, 3.63) is 66.5 Å². The SMILES string of the molecule is COc1cccc2cc[n+](-c3ccc(C#N)cc3)cc12.[Br-]. The van der Waals surface area contributed by atoms with E-state index in [-0.39, 0.29) is 17.0 Å². The Morgan fingerprint density at radius 2 is 1.81 bits per heavy atom. The Bertz CT molecular complexity index is 807. The molecule has 0 aliphatic rings. The molecule has 0 spiro atoms. The second-order valence-electron chi connectivity index (χ2n) is 4.47. The number of hydrogen-bond acceptors (Lipinski definition) is 2. The number of aromatic nitrogens is 1. The first kappa shape index (κ1) is 15.0. The topological polar surface area (TPSA) is 36.9 Å². The highest BCUT2D eigenvalue weighted by molar-refractivity contribution is 5.86.